The molecular weight excluding hydrogens is 427 g/mol. The largest absolute Gasteiger partial charge is 0.366 e. The predicted octanol–water partition coefficient (Wildman–Crippen LogP) is 2.06. The van der Waals surface area contributed by atoms with Crippen LogP contribution in [0.15, 0.2) is 34.0 Å². The van der Waals surface area contributed by atoms with E-state index in [1.807, 2.05) is 23.6 Å². The van der Waals surface area contributed by atoms with Crippen LogP contribution in [0, 0.1) is 5.82 Å². The van der Waals surface area contributed by atoms with Crippen molar-refractivity contribution in [3.63, 3.8) is 0 Å². The van der Waals surface area contributed by atoms with Crippen molar-refractivity contribution in [2.45, 2.75) is 26.7 Å². The number of halogens is 1. The number of fused-ring (bicyclic) bond motifs is 1. The van der Waals surface area contributed by atoms with Gasteiger partial charge in [0.05, 0.1) is 5.56 Å². The van der Waals surface area contributed by atoms with Gasteiger partial charge < -0.3 is 19.7 Å². The van der Waals surface area contributed by atoms with Gasteiger partial charge in [-0.05, 0) is 25.0 Å². The number of benzene rings is 1. The summed E-state index contributed by atoms with van der Waals surface area (Å²) < 4.78 is 14.2. The smallest absolute Gasteiger partial charge is 0.295 e. The molecule has 0 unspecified atom stereocenters. The van der Waals surface area contributed by atoms with Crippen LogP contribution in [-0.4, -0.2) is 60.8 Å². The fourth-order valence-electron chi connectivity index (χ4n) is 4.54. The van der Waals surface area contributed by atoms with Crippen LogP contribution in [0.4, 0.5) is 15.8 Å². The fourth-order valence-corrected chi connectivity index (χ4v) is 4.54. The Morgan fingerprint density at radius 2 is 1.70 bits per heavy atom. The van der Waals surface area contributed by atoms with Gasteiger partial charge in [0.2, 0.25) is 0 Å². The Hall–Kier alpha value is -3.49. The molecule has 1 aliphatic rings. The van der Waals surface area contributed by atoms with Gasteiger partial charge in [0.1, 0.15) is 17.2 Å². The molecule has 1 fully saturated rings. The maximum absolute atomic E-state index is 14.2. The van der Waals surface area contributed by atoms with E-state index in [1.54, 1.807) is 6.07 Å². The number of carbonyl (C=O) groups is 2. The Balaban J connectivity index is 1.48. The normalized spacial score (nSPS) is 14.3. The molecule has 0 bridgehead atoms. The van der Waals surface area contributed by atoms with Gasteiger partial charge in [-0.2, -0.15) is 0 Å². The van der Waals surface area contributed by atoms with Crippen LogP contribution in [0.1, 0.15) is 37.0 Å². The lowest BCUT2D eigenvalue weighted by Gasteiger charge is -2.38. The number of anilines is 2. The summed E-state index contributed by atoms with van der Waals surface area (Å²) in [6.07, 6.45) is 3.07. The SMILES string of the molecule is CCCN(CCC)c1c(N2CCN(C(=O)C(=O)c3c[nH]c4cccc(F)c34)CC2)c(=O)c1=O. The zero-order valence-corrected chi connectivity index (χ0v) is 18.8. The number of nitrogens with one attached hydrogen (secondary N) is 1. The Morgan fingerprint density at radius 1 is 1.03 bits per heavy atom. The number of ketones is 1. The number of H-pyrrole nitrogens is 1. The van der Waals surface area contributed by atoms with Gasteiger partial charge >= 0.3 is 0 Å². The van der Waals surface area contributed by atoms with Gasteiger partial charge in [0, 0.05) is 56.4 Å². The molecule has 1 aromatic heterocycles. The minimum Gasteiger partial charge on any atom is -0.366 e. The zero-order chi connectivity index (χ0) is 23.7. The number of carbonyl (C=O) groups excluding carboxylic acids is 2. The first-order chi connectivity index (χ1) is 15.9. The molecule has 2 aromatic carbocycles. The molecule has 0 atom stereocenters. The third-order valence-corrected chi connectivity index (χ3v) is 6.14. The van der Waals surface area contributed by atoms with E-state index in [1.165, 1.54) is 23.2 Å². The Morgan fingerprint density at radius 3 is 2.33 bits per heavy atom. The number of aromatic nitrogens is 1. The highest BCUT2D eigenvalue weighted by Gasteiger charge is 2.34. The first-order valence-corrected chi connectivity index (χ1v) is 11.3. The average molecular weight is 455 g/mol. The van der Waals surface area contributed by atoms with Crippen molar-refractivity contribution in [2.75, 3.05) is 49.1 Å². The molecule has 0 radical (unpaired) electrons. The van der Waals surface area contributed by atoms with E-state index in [2.05, 4.69) is 4.98 Å². The number of aromatic amines is 1. The monoisotopic (exact) mass is 454 g/mol. The molecule has 0 spiro atoms. The number of nitrogens with zero attached hydrogens (tertiary/aromatic N) is 3. The van der Waals surface area contributed by atoms with Crippen molar-refractivity contribution in [3.05, 3.63) is 56.2 Å². The summed E-state index contributed by atoms with van der Waals surface area (Å²) in [4.78, 5) is 58.4. The second kappa shape index (κ2) is 9.17. The van der Waals surface area contributed by atoms with E-state index in [0.717, 1.165) is 12.8 Å². The van der Waals surface area contributed by atoms with Gasteiger partial charge in [-0.3, -0.25) is 19.2 Å². The second-order valence-electron chi connectivity index (χ2n) is 8.32. The molecule has 0 saturated carbocycles. The average Bonchev–Trinajstić information content (AvgIpc) is 3.26. The molecule has 1 saturated heterocycles. The van der Waals surface area contributed by atoms with Crippen LogP contribution in [0.25, 0.3) is 10.9 Å². The van der Waals surface area contributed by atoms with E-state index in [0.29, 0.717) is 43.1 Å². The van der Waals surface area contributed by atoms with E-state index in [4.69, 9.17) is 0 Å². The molecule has 174 valence electrons. The number of rotatable bonds is 8. The van der Waals surface area contributed by atoms with Crippen LogP contribution in [0.2, 0.25) is 0 Å². The second-order valence-corrected chi connectivity index (χ2v) is 8.32. The number of amides is 1. The summed E-state index contributed by atoms with van der Waals surface area (Å²) in [7, 11) is 0. The highest BCUT2D eigenvalue weighted by atomic mass is 19.1. The molecule has 2 heterocycles. The molecule has 9 heteroatoms. The van der Waals surface area contributed by atoms with Crippen molar-refractivity contribution in [1.29, 1.82) is 0 Å². The number of hydrogen-bond donors (Lipinski definition) is 1. The van der Waals surface area contributed by atoms with Crippen molar-refractivity contribution >= 4 is 34.0 Å². The predicted molar refractivity (Wildman–Crippen MR) is 126 cm³/mol. The van der Waals surface area contributed by atoms with Gasteiger partial charge in [0.25, 0.3) is 22.5 Å². The summed E-state index contributed by atoms with van der Waals surface area (Å²) >= 11 is 0. The molecule has 0 aliphatic carbocycles. The van der Waals surface area contributed by atoms with Crippen LogP contribution >= 0.6 is 0 Å². The summed E-state index contributed by atoms with van der Waals surface area (Å²) in [5.41, 5.74) is 0.393. The maximum Gasteiger partial charge on any atom is 0.295 e. The van der Waals surface area contributed by atoms with E-state index in [-0.39, 0.29) is 24.0 Å². The summed E-state index contributed by atoms with van der Waals surface area (Å²) in [6.45, 7) is 6.57. The quantitative estimate of drug-likeness (QED) is 0.414. The third kappa shape index (κ3) is 3.92. The number of Topliss-reactive ketones (excluding diaryl/α,β-unsaturated/α-hetero) is 1. The lowest BCUT2D eigenvalue weighted by molar-refractivity contribution is -0.126. The minimum atomic E-state index is -0.772. The maximum atomic E-state index is 14.2. The summed E-state index contributed by atoms with van der Waals surface area (Å²) in [6, 6.07) is 4.42. The van der Waals surface area contributed by atoms with Gasteiger partial charge in [-0.1, -0.05) is 19.9 Å². The number of piperazine rings is 1. The van der Waals surface area contributed by atoms with Crippen molar-refractivity contribution < 1.29 is 14.0 Å². The molecule has 1 amide bonds. The third-order valence-electron chi connectivity index (χ3n) is 6.14. The minimum absolute atomic E-state index is 0.00932. The molecule has 1 N–H and O–H groups in total. The fraction of sp³-hybridized carbons (Fsp3) is 0.417. The molecule has 4 rings (SSSR count). The Kier molecular flexibility index (Phi) is 6.31. The standard InChI is InChI=1S/C24H27FN4O4/c1-3-8-27(9-4-2)19-20(23(32)22(19)31)28-10-12-29(13-11-28)24(33)21(30)15-14-26-17-7-5-6-16(25)18(15)17/h5-7,14,26H,3-4,8-13H2,1-2H3. The van der Waals surface area contributed by atoms with Crippen LogP contribution in [-0.2, 0) is 4.79 Å². The summed E-state index contributed by atoms with van der Waals surface area (Å²) in [5.74, 6) is -2.04. The molecule has 33 heavy (non-hydrogen) atoms. The molecule has 1 aliphatic heterocycles. The summed E-state index contributed by atoms with van der Waals surface area (Å²) in [5, 5.41) is 0.106. The first kappa shape index (κ1) is 22.7. The molecular formula is C24H27FN4O4. The van der Waals surface area contributed by atoms with E-state index >= 15 is 0 Å². The zero-order valence-electron chi connectivity index (χ0n) is 18.8. The Bertz CT molecular complexity index is 1260. The van der Waals surface area contributed by atoms with Crippen molar-refractivity contribution in [3.8, 4) is 0 Å². The lowest BCUT2D eigenvalue weighted by Crippen LogP contribution is -2.55. The highest BCUT2D eigenvalue weighted by molar-refractivity contribution is 6.44. The van der Waals surface area contributed by atoms with Crippen LogP contribution in [0.3, 0.4) is 0 Å². The van der Waals surface area contributed by atoms with Gasteiger partial charge in [-0.15, -0.1) is 0 Å². The van der Waals surface area contributed by atoms with Crippen molar-refractivity contribution in [2.24, 2.45) is 0 Å². The molecule has 8 nitrogen and oxygen atoms in total. The number of hydrogen-bond acceptors (Lipinski definition) is 6. The Labute approximate surface area is 190 Å². The van der Waals surface area contributed by atoms with Crippen molar-refractivity contribution in [1.82, 2.24) is 9.88 Å². The lowest BCUT2D eigenvalue weighted by atomic mass is 10.1. The molecule has 3 aromatic rings. The van der Waals surface area contributed by atoms with Crippen LogP contribution < -0.4 is 20.7 Å². The van der Waals surface area contributed by atoms with Gasteiger partial charge in [0.15, 0.2) is 0 Å². The topological polar surface area (TPSA) is 93.8 Å². The first-order valence-electron chi connectivity index (χ1n) is 11.3. The van der Waals surface area contributed by atoms with Gasteiger partial charge in [-0.25, -0.2) is 4.39 Å². The van der Waals surface area contributed by atoms with E-state index in [9.17, 15) is 23.6 Å². The van der Waals surface area contributed by atoms with E-state index < -0.39 is 28.4 Å². The van der Waals surface area contributed by atoms with Crippen LogP contribution in [0.5, 0.6) is 0 Å². The highest BCUT2D eigenvalue weighted by Crippen LogP contribution is 2.27.